The van der Waals surface area contributed by atoms with Gasteiger partial charge in [0.25, 0.3) is 0 Å². The third kappa shape index (κ3) is 3.88. The number of pyridine rings is 1. The highest BCUT2D eigenvalue weighted by Crippen LogP contribution is 2.37. The lowest BCUT2D eigenvalue weighted by Crippen LogP contribution is -2.21. The third-order valence-electron chi connectivity index (χ3n) is 3.06. The summed E-state index contributed by atoms with van der Waals surface area (Å²) in [6, 6.07) is 9.49. The van der Waals surface area contributed by atoms with Gasteiger partial charge in [0.05, 0.1) is 17.8 Å². The van der Waals surface area contributed by atoms with Gasteiger partial charge in [-0.15, -0.1) is 11.6 Å². The summed E-state index contributed by atoms with van der Waals surface area (Å²) in [5.41, 5.74) is 0.578. The van der Waals surface area contributed by atoms with Gasteiger partial charge in [-0.2, -0.15) is 13.2 Å². The van der Waals surface area contributed by atoms with Gasteiger partial charge in [0.2, 0.25) is 0 Å². The van der Waals surface area contributed by atoms with Crippen LogP contribution in [-0.2, 0) is 18.6 Å². The van der Waals surface area contributed by atoms with Gasteiger partial charge in [0.1, 0.15) is 0 Å². The van der Waals surface area contributed by atoms with E-state index >= 15 is 0 Å². The van der Waals surface area contributed by atoms with Crippen molar-refractivity contribution in [1.82, 2.24) is 4.98 Å². The van der Waals surface area contributed by atoms with E-state index in [4.69, 9.17) is 11.6 Å². The lowest BCUT2D eigenvalue weighted by Gasteiger charge is -2.23. The molecule has 0 saturated heterocycles. The Morgan fingerprint density at radius 1 is 1.19 bits per heavy atom. The topological polar surface area (TPSA) is 16.1 Å². The van der Waals surface area contributed by atoms with Gasteiger partial charge in [0.15, 0.2) is 0 Å². The first-order chi connectivity index (χ1) is 9.91. The molecule has 112 valence electrons. The van der Waals surface area contributed by atoms with Gasteiger partial charge in [-0.25, -0.2) is 0 Å². The molecule has 6 heteroatoms. The molecule has 0 saturated carbocycles. The molecule has 0 unspecified atom stereocenters. The molecule has 0 amide bonds. The Kier molecular flexibility index (Phi) is 4.73. The fourth-order valence-corrected chi connectivity index (χ4v) is 2.21. The Morgan fingerprint density at radius 3 is 2.52 bits per heavy atom. The van der Waals surface area contributed by atoms with Crippen LogP contribution in [-0.4, -0.2) is 12.0 Å². The summed E-state index contributed by atoms with van der Waals surface area (Å²) in [5, 5.41) is 0. The van der Waals surface area contributed by atoms with Crippen molar-refractivity contribution in [1.29, 1.82) is 0 Å². The highest BCUT2D eigenvalue weighted by Gasteiger charge is 2.34. The zero-order valence-electron chi connectivity index (χ0n) is 11.4. The standard InChI is InChI=1S/C15H14ClF3N2/c1-21(10-12-4-2-3-7-20-12)14-6-5-11(9-16)8-13(14)15(17,18)19/h2-8H,9-10H2,1H3. The van der Waals surface area contributed by atoms with Crippen LogP contribution in [0, 0.1) is 0 Å². The second-order valence-corrected chi connectivity index (χ2v) is 4.93. The molecular weight excluding hydrogens is 301 g/mol. The molecule has 2 aromatic rings. The first kappa shape index (κ1) is 15.6. The monoisotopic (exact) mass is 314 g/mol. The smallest absolute Gasteiger partial charge is 0.368 e. The minimum absolute atomic E-state index is 0.0489. The molecule has 1 heterocycles. The molecular formula is C15H14ClF3N2. The van der Waals surface area contributed by atoms with Crippen molar-refractivity contribution < 1.29 is 13.2 Å². The van der Waals surface area contributed by atoms with E-state index in [1.165, 1.54) is 11.0 Å². The van der Waals surface area contributed by atoms with E-state index < -0.39 is 11.7 Å². The van der Waals surface area contributed by atoms with Crippen LogP contribution >= 0.6 is 11.6 Å². The van der Waals surface area contributed by atoms with E-state index in [2.05, 4.69) is 4.98 Å². The predicted octanol–water partition coefficient (Wildman–Crippen LogP) is 4.48. The van der Waals surface area contributed by atoms with Gasteiger partial charge in [0, 0.05) is 24.8 Å². The summed E-state index contributed by atoms with van der Waals surface area (Å²) < 4.78 is 39.5. The summed E-state index contributed by atoms with van der Waals surface area (Å²) in [6.45, 7) is 0.296. The van der Waals surface area contributed by atoms with Gasteiger partial charge < -0.3 is 4.90 Å². The molecule has 0 radical (unpaired) electrons. The van der Waals surface area contributed by atoms with E-state index in [0.717, 1.165) is 6.07 Å². The number of benzene rings is 1. The molecule has 0 aliphatic carbocycles. The van der Waals surface area contributed by atoms with Crippen LogP contribution in [0.25, 0.3) is 0 Å². The molecule has 0 fully saturated rings. The molecule has 0 bridgehead atoms. The van der Waals surface area contributed by atoms with E-state index in [0.29, 0.717) is 17.8 Å². The van der Waals surface area contributed by atoms with Crippen LogP contribution < -0.4 is 4.90 Å². The molecule has 2 rings (SSSR count). The summed E-state index contributed by atoms with van der Waals surface area (Å²) in [4.78, 5) is 5.66. The van der Waals surface area contributed by atoms with Crippen LogP contribution in [0.5, 0.6) is 0 Å². The molecule has 1 aromatic heterocycles. The molecule has 2 nitrogen and oxygen atoms in total. The minimum Gasteiger partial charge on any atom is -0.368 e. The number of nitrogens with zero attached hydrogens (tertiary/aromatic N) is 2. The first-order valence-electron chi connectivity index (χ1n) is 6.29. The SMILES string of the molecule is CN(Cc1ccccn1)c1ccc(CCl)cc1C(F)(F)F. The Morgan fingerprint density at radius 2 is 1.95 bits per heavy atom. The molecule has 1 aromatic carbocycles. The average molecular weight is 315 g/mol. The summed E-state index contributed by atoms with van der Waals surface area (Å²) in [7, 11) is 1.61. The maximum atomic E-state index is 13.2. The zero-order valence-corrected chi connectivity index (χ0v) is 12.1. The third-order valence-corrected chi connectivity index (χ3v) is 3.37. The quantitative estimate of drug-likeness (QED) is 0.774. The van der Waals surface area contributed by atoms with Crippen molar-refractivity contribution in [3.05, 3.63) is 59.4 Å². The predicted molar refractivity (Wildman–Crippen MR) is 77.3 cm³/mol. The van der Waals surface area contributed by atoms with E-state index in [1.54, 1.807) is 37.5 Å². The second kappa shape index (κ2) is 6.35. The van der Waals surface area contributed by atoms with Crippen molar-refractivity contribution in [2.24, 2.45) is 0 Å². The van der Waals surface area contributed by atoms with Crippen LogP contribution in [0.2, 0.25) is 0 Å². The Labute approximate surface area is 126 Å². The number of anilines is 1. The molecule has 0 N–H and O–H groups in total. The Bertz CT molecular complexity index is 600. The van der Waals surface area contributed by atoms with Crippen molar-refractivity contribution in [2.75, 3.05) is 11.9 Å². The maximum absolute atomic E-state index is 13.2. The van der Waals surface area contributed by atoms with Gasteiger partial charge in [-0.3, -0.25) is 4.98 Å². The molecule has 0 aliphatic heterocycles. The number of hydrogen-bond donors (Lipinski definition) is 0. The summed E-state index contributed by atoms with van der Waals surface area (Å²) in [6.07, 6.45) is -2.81. The number of halogens is 4. The van der Waals surface area contributed by atoms with Crippen LogP contribution in [0.3, 0.4) is 0 Å². The molecule has 0 aliphatic rings. The summed E-state index contributed by atoms with van der Waals surface area (Å²) in [5.74, 6) is 0.0489. The van der Waals surface area contributed by atoms with Gasteiger partial charge in [-0.1, -0.05) is 12.1 Å². The highest BCUT2D eigenvalue weighted by molar-refractivity contribution is 6.17. The van der Waals surface area contributed by atoms with Crippen molar-refractivity contribution >= 4 is 17.3 Å². The molecule has 0 spiro atoms. The molecule has 21 heavy (non-hydrogen) atoms. The zero-order chi connectivity index (χ0) is 15.5. The van der Waals surface area contributed by atoms with Crippen LogP contribution in [0.4, 0.5) is 18.9 Å². The summed E-state index contributed by atoms with van der Waals surface area (Å²) >= 11 is 5.62. The lowest BCUT2D eigenvalue weighted by molar-refractivity contribution is -0.137. The Balaban J connectivity index is 2.34. The number of rotatable bonds is 4. The van der Waals surface area contributed by atoms with Crippen LogP contribution in [0.1, 0.15) is 16.8 Å². The van der Waals surface area contributed by atoms with E-state index in [9.17, 15) is 13.2 Å². The molecule has 0 atom stereocenters. The maximum Gasteiger partial charge on any atom is 0.418 e. The van der Waals surface area contributed by atoms with Gasteiger partial charge >= 0.3 is 6.18 Å². The number of aromatic nitrogens is 1. The Hall–Kier alpha value is -1.75. The normalized spacial score (nSPS) is 11.5. The first-order valence-corrected chi connectivity index (χ1v) is 6.82. The average Bonchev–Trinajstić information content (AvgIpc) is 2.46. The van der Waals surface area contributed by atoms with Crippen molar-refractivity contribution in [3.63, 3.8) is 0 Å². The fraction of sp³-hybridized carbons (Fsp3) is 0.267. The number of hydrogen-bond acceptors (Lipinski definition) is 2. The van der Waals surface area contributed by atoms with Crippen molar-refractivity contribution in [3.8, 4) is 0 Å². The van der Waals surface area contributed by atoms with Crippen molar-refractivity contribution in [2.45, 2.75) is 18.6 Å². The van der Waals surface area contributed by atoms with E-state index in [-0.39, 0.29) is 11.6 Å². The fourth-order valence-electron chi connectivity index (χ4n) is 2.05. The second-order valence-electron chi connectivity index (χ2n) is 4.66. The van der Waals surface area contributed by atoms with Gasteiger partial charge in [-0.05, 0) is 29.8 Å². The van der Waals surface area contributed by atoms with E-state index in [1.807, 2.05) is 0 Å². The highest BCUT2D eigenvalue weighted by atomic mass is 35.5. The van der Waals surface area contributed by atoms with Crippen LogP contribution in [0.15, 0.2) is 42.6 Å². The minimum atomic E-state index is -4.42. The largest absolute Gasteiger partial charge is 0.418 e. The number of alkyl halides is 4. The lowest BCUT2D eigenvalue weighted by atomic mass is 10.1.